The monoisotopic (exact) mass is 225 g/mol. The summed E-state index contributed by atoms with van der Waals surface area (Å²) in [5.41, 5.74) is 0. The number of aliphatic hydroxyl groups is 1. The highest BCUT2D eigenvalue weighted by Crippen LogP contribution is 2.13. The molecule has 0 aromatic carbocycles. The van der Waals surface area contributed by atoms with E-state index in [9.17, 15) is 5.11 Å². The minimum atomic E-state index is -0.427. The highest BCUT2D eigenvalue weighted by atomic mass is 16.5. The lowest BCUT2D eigenvalue weighted by Crippen LogP contribution is -2.42. The van der Waals surface area contributed by atoms with Gasteiger partial charge in [0.2, 0.25) is 11.8 Å². The molecule has 1 aliphatic heterocycles. The van der Waals surface area contributed by atoms with Crippen LogP contribution in [0.1, 0.15) is 6.42 Å². The first-order valence-corrected chi connectivity index (χ1v) is 5.19. The smallest absolute Gasteiger partial charge is 0.226 e. The molecule has 1 aliphatic rings. The second-order valence-electron chi connectivity index (χ2n) is 3.60. The molecule has 1 aromatic rings. The van der Waals surface area contributed by atoms with Crippen molar-refractivity contribution in [1.29, 1.82) is 0 Å². The molecule has 88 valence electrons. The molecular formula is C10H15N3O3. The summed E-state index contributed by atoms with van der Waals surface area (Å²) in [7, 11) is 1.55. The summed E-state index contributed by atoms with van der Waals surface area (Å²) in [5.74, 6) is 0.928. The molecule has 1 saturated heterocycles. The van der Waals surface area contributed by atoms with Crippen molar-refractivity contribution < 1.29 is 14.6 Å². The minimum Gasteiger partial charge on any atom is -0.481 e. The van der Waals surface area contributed by atoms with E-state index in [-0.39, 0.29) is 6.04 Å². The standard InChI is InChI=1S/C10H15N3O3/c1-15-9-2-4-11-10(13-9)12-7-6-16-5-3-8(7)14/h2,4,7-8,14H,3,5-6H2,1H3,(H,11,12,13)/t7-,8-/m1/s1. The molecular weight excluding hydrogens is 210 g/mol. The maximum atomic E-state index is 9.73. The number of rotatable bonds is 3. The molecule has 6 nitrogen and oxygen atoms in total. The third-order valence-corrected chi connectivity index (χ3v) is 2.47. The fourth-order valence-electron chi connectivity index (χ4n) is 1.56. The van der Waals surface area contributed by atoms with Crippen molar-refractivity contribution in [2.45, 2.75) is 18.6 Å². The van der Waals surface area contributed by atoms with E-state index in [1.165, 1.54) is 0 Å². The average Bonchev–Trinajstić information content (AvgIpc) is 2.32. The van der Waals surface area contributed by atoms with Crippen molar-refractivity contribution in [3.63, 3.8) is 0 Å². The van der Waals surface area contributed by atoms with E-state index in [0.29, 0.717) is 31.5 Å². The van der Waals surface area contributed by atoms with Gasteiger partial charge in [-0.2, -0.15) is 4.98 Å². The fourth-order valence-corrected chi connectivity index (χ4v) is 1.56. The summed E-state index contributed by atoms with van der Waals surface area (Å²) in [6, 6.07) is 1.50. The number of aliphatic hydroxyl groups excluding tert-OH is 1. The van der Waals surface area contributed by atoms with Gasteiger partial charge in [0.05, 0.1) is 25.9 Å². The number of methoxy groups -OCH3 is 1. The molecule has 2 rings (SSSR count). The van der Waals surface area contributed by atoms with Crippen LogP contribution in [0.5, 0.6) is 5.88 Å². The third kappa shape index (κ3) is 2.59. The fraction of sp³-hybridized carbons (Fsp3) is 0.600. The van der Waals surface area contributed by atoms with E-state index in [0.717, 1.165) is 0 Å². The normalized spacial score (nSPS) is 25.1. The predicted molar refractivity (Wildman–Crippen MR) is 57.4 cm³/mol. The molecule has 0 bridgehead atoms. The second-order valence-corrected chi connectivity index (χ2v) is 3.60. The van der Waals surface area contributed by atoms with E-state index in [1.807, 2.05) is 0 Å². The van der Waals surface area contributed by atoms with Gasteiger partial charge in [-0.25, -0.2) is 4.98 Å². The van der Waals surface area contributed by atoms with E-state index in [1.54, 1.807) is 19.4 Å². The second kappa shape index (κ2) is 5.09. The Morgan fingerprint density at radius 1 is 1.62 bits per heavy atom. The Morgan fingerprint density at radius 2 is 2.50 bits per heavy atom. The summed E-state index contributed by atoms with van der Waals surface area (Å²) < 4.78 is 10.3. The summed E-state index contributed by atoms with van der Waals surface area (Å²) in [6.07, 6.45) is 1.80. The number of nitrogens with zero attached hydrogens (tertiary/aromatic N) is 2. The van der Waals surface area contributed by atoms with Gasteiger partial charge in [0.1, 0.15) is 0 Å². The van der Waals surface area contributed by atoms with E-state index >= 15 is 0 Å². The maximum Gasteiger partial charge on any atom is 0.226 e. The van der Waals surface area contributed by atoms with Crippen molar-refractivity contribution >= 4 is 5.95 Å². The summed E-state index contributed by atoms with van der Waals surface area (Å²) in [6.45, 7) is 1.06. The molecule has 0 unspecified atom stereocenters. The zero-order valence-electron chi connectivity index (χ0n) is 9.09. The minimum absolute atomic E-state index is 0.166. The zero-order chi connectivity index (χ0) is 11.4. The molecule has 2 atom stereocenters. The van der Waals surface area contributed by atoms with E-state index in [4.69, 9.17) is 9.47 Å². The average molecular weight is 225 g/mol. The molecule has 0 spiro atoms. The van der Waals surface area contributed by atoms with Gasteiger partial charge in [0, 0.05) is 18.9 Å². The largest absolute Gasteiger partial charge is 0.481 e. The van der Waals surface area contributed by atoms with Gasteiger partial charge >= 0.3 is 0 Å². The number of anilines is 1. The maximum absolute atomic E-state index is 9.73. The van der Waals surface area contributed by atoms with E-state index < -0.39 is 6.10 Å². The molecule has 6 heteroatoms. The van der Waals surface area contributed by atoms with Crippen molar-refractivity contribution in [3.8, 4) is 5.88 Å². The lowest BCUT2D eigenvalue weighted by molar-refractivity contribution is 0.00291. The van der Waals surface area contributed by atoms with Gasteiger partial charge in [0.15, 0.2) is 0 Å². The van der Waals surface area contributed by atoms with Crippen molar-refractivity contribution in [2.75, 3.05) is 25.6 Å². The van der Waals surface area contributed by atoms with Crippen LogP contribution in [0.2, 0.25) is 0 Å². The van der Waals surface area contributed by atoms with Crippen LogP contribution >= 0.6 is 0 Å². The lowest BCUT2D eigenvalue weighted by atomic mass is 10.1. The van der Waals surface area contributed by atoms with Gasteiger partial charge in [-0.15, -0.1) is 0 Å². The molecule has 1 fully saturated rings. The first-order chi connectivity index (χ1) is 7.79. The number of hydrogen-bond acceptors (Lipinski definition) is 6. The highest BCUT2D eigenvalue weighted by molar-refractivity contribution is 5.29. The topological polar surface area (TPSA) is 76.5 Å². The van der Waals surface area contributed by atoms with E-state index in [2.05, 4.69) is 15.3 Å². The zero-order valence-corrected chi connectivity index (χ0v) is 9.09. The lowest BCUT2D eigenvalue weighted by Gasteiger charge is -2.28. The van der Waals surface area contributed by atoms with Gasteiger partial charge in [-0.1, -0.05) is 0 Å². The summed E-state index contributed by atoms with van der Waals surface area (Å²) >= 11 is 0. The molecule has 0 aliphatic carbocycles. The van der Waals surface area contributed by atoms with Gasteiger partial charge in [-0.3, -0.25) is 0 Å². The number of hydrogen-bond donors (Lipinski definition) is 2. The van der Waals surface area contributed by atoms with Crippen molar-refractivity contribution in [1.82, 2.24) is 9.97 Å². The molecule has 0 amide bonds. The van der Waals surface area contributed by atoms with Crippen LogP contribution in [0.4, 0.5) is 5.95 Å². The van der Waals surface area contributed by atoms with Crippen LogP contribution in [0.25, 0.3) is 0 Å². The number of nitrogens with one attached hydrogen (secondary N) is 1. The van der Waals surface area contributed by atoms with Crippen LogP contribution < -0.4 is 10.1 Å². The van der Waals surface area contributed by atoms with Crippen LogP contribution in [-0.2, 0) is 4.74 Å². The van der Waals surface area contributed by atoms with Crippen LogP contribution in [-0.4, -0.2) is 47.5 Å². The molecule has 1 aromatic heterocycles. The molecule has 0 radical (unpaired) electrons. The van der Waals surface area contributed by atoms with Gasteiger partial charge in [0.25, 0.3) is 0 Å². The number of ether oxygens (including phenoxy) is 2. The Balaban J connectivity index is 2.01. The summed E-state index contributed by atoms with van der Waals surface area (Å²) in [4.78, 5) is 8.16. The molecule has 2 heterocycles. The molecule has 0 saturated carbocycles. The molecule has 2 N–H and O–H groups in total. The predicted octanol–water partition coefficient (Wildman–Crippen LogP) is 0.0469. The van der Waals surface area contributed by atoms with Crippen LogP contribution in [0.3, 0.4) is 0 Å². The Bertz CT molecular complexity index is 348. The summed E-state index contributed by atoms with van der Waals surface area (Å²) in [5, 5.41) is 12.8. The third-order valence-electron chi connectivity index (χ3n) is 2.47. The Kier molecular flexibility index (Phi) is 3.53. The van der Waals surface area contributed by atoms with Crippen LogP contribution in [0.15, 0.2) is 12.3 Å². The Morgan fingerprint density at radius 3 is 3.25 bits per heavy atom. The van der Waals surface area contributed by atoms with Crippen molar-refractivity contribution in [2.24, 2.45) is 0 Å². The van der Waals surface area contributed by atoms with Gasteiger partial charge in [-0.05, 0) is 6.42 Å². The first kappa shape index (κ1) is 11.1. The Labute approximate surface area is 93.6 Å². The Hall–Kier alpha value is -1.40. The SMILES string of the molecule is COc1ccnc(N[C@@H]2COCC[C@H]2O)n1. The molecule has 16 heavy (non-hydrogen) atoms. The number of aromatic nitrogens is 2. The van der Waals surface area contributed by atoms with Crippen LogP contribution in [0, 0.1) is 0 Å². The van der Waals surface area contributed by atoms with Gasteiger partial charge < -0.3 is 19.9 Å². The van der Waals surface area contributed by atoms with Crippen molar-refractivity contribution in [3.05, 3.63) is 12.3 Å². The quantitative estimate of drug-likeness (QED) is 0.756. The first-order valence-electron chi connectivity index (χ1n) is 5.19. The highest BCUT2D eigenvalue weighted by Gasteiger charge is 2.24.